The van der Waals surface area contributed by atoms with E-state index in [2.05, 4.69) is 6.07 Å². The van der Waals surface area contributed by atoms with Crippen molar-refractivity contribution in [2.45, 2.75) is 32.1 Å². The van der Waals surface area contributed by atoms with Gasteiger partial charge >= 0.3 is 0 Å². The van der Waals surface area contributed by atoms with Crippen molar-refractivity contribution in [1.29, 1.82) is 5.26 Å². The Morgan fingerprint density at radius 3 is 2.58 bits per heavy atom. The van der Waals surface area contributed by atoms with E-state index in [9.17, 15) is 14.9 Å². The summed E-state index contributed by atoms with van der Waals surface area (Å²) in [6.45, 7) is 5.24. The third kappa shape index (κ3) is 1.44. The topological polar surface area (TPSA) is 61.2 Å². The van der Waals surface area contributed by atoms with E-state index < -0.39 is 10.8 Å². The number of Topliss-reactive ketones (excluding diaryl/α,β-unsaturated/α-hetero) is 1. The van der Waals surface area contributed by atoms with Gasteiger partial charge in [0.25, 0.3) is 0 Å². The van der Waals surface area contributed by atoms with E-state index >= 15 is 0 Å². The van der Waals surface area contributed by atoms with Crippen LogP contribution in [0.2, 0.25) is 0 Å². The predicted octanol–water partition coefficient (Wildman–Crippen LogP) is 2.61. The maximum absolute atomic E-state index is 13.5. The van der Waals surface area contributed by atoms with Crippen molar-refractivity contribution in [1.82, 2.24) is 4.90 Å². The Kier molecular flexibility index (Phi) is 2.88. The number of likely N-dealkylation sites (tertiary alicyclic amines) is 1. The van der Waals surface area contributed by atoms with E-state index in [1.807, 2.05) is 49.1 Å². The molecule has 1 amide bonds. The lowest BCUT2D eigenvalue weighted by molar-refractivity contribution is -0.145. The monoisotopic (exact) mass is 320 g/mol. The van der Waals surface area contributed by atoms with Crippen molar-refractivity contribution >= 4 is 11.7 Å². The van der Waals surface area contributed by atoms with Gasteiger partial charge in [-0.15, -0.1) is 0 Å². The number of allylic oxidation sites excluding steroid dienone is 1. The van der Waals surface area contributed by atoms with Gasteiger partial charge in [0.05, 0.1) is 5.57 Å². The first kappa shape index (κ1) is 15.1. The molecule has 1 aromatic rings. The number of ketones is 1. The molecule has 1 saturated carbocycles. The highest BCUT2D eigenvalue weighted by atomic mass is 16.2. The third-order valence-electron chi connectivity index (χ3n) is 6.61. The van der Waals surface area contributed by atoms with Crippen LogP contribution in [0.5, 0.6) is 0 Å². The van der Waals surface area contributed by atoms with Crippen LogP contribution in [0.25, 0.3) is 0 Å². The number of piperidine rings is 1. The summed E-state index contributed by atoms with van der Waals surface area (Å²) in [6, 6.07) is 11.7. The summed E-state index contributed by atoms with van der Waals surface area (Å²) in [4.78, 5) is 28.2. The van der Waals surface area contributed by atoms with Crippen LogP contribution < -0.4 is 0 Å². The molecule has 4 rings (SSSR count). The SMILES string of the molecule is CCN1CC[C@]23C[C@@]2(C)C(=O)C(C#N)=C[C@]3(c2ccccc2)C1=O. The standard InChI is InChI=1S/C20H20N2O2/c1-3-22-10-9-19-13-18(19,2)16(23)14(12-21)11-20(19,17(22)24)15-7-5-4-6-8-15/h4-8,11H,3,9-10,13H2,1-2H3/t18-,19-,20-/m0/s1. The summed E-state index contributed by atoms with van der Waals surface area (Å²) in [5, 5.41) is 9.51. The van der Waals surface area contributed by atoms with Gasteiger partial charge in [0.1, 0.15) is 11.5 Å². The van der Waals surface area contributed by atoms with E-state index in [-0.39, 0.29) is 22.7 Å². The number of benzene rings is 1. The van der Waals surface area contributed by atoms with Crippen LogP contribution >= 0.6 is 0 Å². The maximum Gasteiger partial charge on any atom is 0.237 e. The predicted molar refractivity (Wildman–Crippen MR) is 88.9 cm³/mol. The van der Waals surface area contributed by atoms with Gasteiger partial charge in [-0.1, -0.05) is 37.3 Å². The first-order valence-electron chi connectivity index (χ1n) is 8.49. The maximum atomic E-state index is 13.5. The lowest BCUT2D eigenvalue weighted by Gasteiger charge is -2.50. The molecule has 0 bridgehead atoms. The molecular weight excluding hydrogens is 300 g/mol. The molecule has 1 heterocycles. The molecule has 0 unspecified atom stereocenters. The van der Waals surface area contributed by atoms with Gasteiger partial charge < -0.3 is 4.90 Å². The summed E-state index contributed by atoms with van der Waals surface area (Å²) < 4.78 is 0. The Bertz CT molecular complexity index is 822. The van der Waals surface area contributed by atoms with Gasteiger partial charge in [-0.05, 0) is 31.4 Å². The van der Waals surface area contributed by atoms with Crippen LogP contribution in [0.4, 0.5) is 0 Å². The summed E-state index contributed by atoms with van der Waals surface area (Å²) >= 11 is 0. The van der Waals surface area contributed by atoms with Crippen LogP contribution in [0.15, 0.2) is 42.0 Å². The second-order valence-corrected chi connectivity index (χ2v) is 7.40. The molecule has 1 aliphatic heterocycles. The van der Waals surface area contributed by atoms with E-state index in [1.165, 1.54) is 0 Å². The third-order valence-corrected chi connectivity index (χ3v) is 6.61. The fraction of sp³-hybridized carbons (Fsp3) is 0.450. The van der Waals surface area contributed by atoms with Crippen LogP contribution in [0.3, 0.4) is 0 Å². The van der Waals surface area contributed by atoms with Gasteiger partial charge in [-0.2, -0.15) is 5.26 Å². The van der Waals surface area contributed by atoms with E-state index in [0.717, 1.165) is 12.0 Å². The molecule has 4 nitrogen and oxygen atoms in total. The Labute approximate surface area is 141 Å². The number of nitrogens with zero attached hydrogens (tertiary/aromatic N) is 2. The van der Waals surface area contributed by atoms with Crippen molar-refractivity contribution in [3.05, 3.63) is 47.5 Å². The van der Waals surface area contributed by atoms with Gasteiger partial charge in [0.15, 0.2) is 5.78 Å². The molecule has 1 aromatic carbocycles. The number of carbonyl (C=O) groups excluding carboxylic acids is 2. The van der Waals surface area contributed by atoms with E-state index in [4.69, 9.17) is 0 Å². The molecule has 122 valence electrons. The van der Waals surface area contributed by atoms with Crippen LogP contribution in [0.1, 0.15) is 32.3 Å². The summed E-state index contributed by atoms with van der Waals surface area (Å²) in [7, 11) is 0. The normalized spacial score (nSPS) is 37.2. The Balaban J connectivity index is 2.05. The molecule has 2 fully saturated rings. The molecule has 1 spiro atoms. The highest BCUT2D eigenvalue weighted by Gasteiger charge is 2.81. The molecule has 3 aliphatic rings. The molecule has 24 heavy (non-hydrogen) atoms. The summed E-state index contributed by atoms with van der Waals surface area (Å²) in [6.07, 6.45) is 3.17. The van der Waals surface area contributed by atoms with Crippen molar-refractivity contribution in [3.63, 3.8) is 0 Å². The minimum Gasteiger partial charge on any atom is -0.342 e. The Hall–Kier alpha value is -2.41. The molecule has 0 N–H and O–H groups in total. The largest absolute Gasteiger partial charge is 0.342 e. The lowest BCUT2D eigenvalue weighted by atomic mass is 9.56. The summed E-state index contributed by atoms with van der Waals surface area (Å²) in [5.41, 5.74) is -0.839. The zero-order chi connectivity index (χ0) is 17.2. The molecule has 3 atom stereocenters. The number of amides is 1. The molecule has 0 radical (unpaired) electrons. The quantitative estimate of drug-likeness (QED) is 0.841. The Morgan fingerprint density at radius 2 is 1.96 bits per heavy atom. The fourth-order valence-electron chi connectivity index (χ4n) is 5.22. The average molecular weight is 320 g/mol. The number of rotatable bonds is 2. The second-order valence-electron chi connectivity index (χ2n) is 7.40. The van der Waals surface area contributed by atoms with Crippen LogP contribution in [0, 0.1) is 22.2 Å². The zero-order valence-corrected chi connectivity index (χ0v) is 14.0. The number of hydrogen-bond donors (Lipinski definition) is 0. The molecular formula is C20H20N2O2. The van der Waals surface area contributed by atoms with Gasteiger partial charge in [0.2, 0.25) is 5.91 Å². The first-order chi connectivity index (χ1) is 11.5. The fourth-order valence-corrected chi connectivity index (χ4v) is 5.22. The van der Waals surface area contributed by atoms with E-state index in [0.29, 0.717) is 19.5 Å². The molecule has 2 aliphatic carbocycles. The first-order valence-corrected chi connectivity index (χ1v) is 8.49. The van der Waals surface area contributed by atoms with Gasteiger partial charge in [-0.3, -0.25) is 9.59 Å². The molecule has 4 heteroatoms. The average Bonchev–Trinajstić information content (AvgIpc) is 3.24. The Morgan fingerprint density at radius 1 is 1.25 bits per heavy atom. The highest BCUT2D eigenvalue weighted by molar-refractivity contribution is 6.11. The van der Waals surface area contributed by atoms with Crippen molar-refractivity contribution in [2.24, 2.45) is 10.8 Å². The lowest BCUT2D eigenvalue weighted by Crippen LogP contribution is -2.60. The molecule has 0 aromatic heterocycles. The van der Waals surface area contributed by atoms with E-state index in [1.54, 1.807) is 6.08 Å². The van der Waals surface area contributed by atoms with Crippen LogP contribution in [-0.4, -0.2) is 29.7 Å². The number of carbonyl (C=O) groups is 2. The zero-order valence-electron chi connectivity index (χ0n) is 14.0. The van der Waals surface area contributed by atoms with Crippen molar-refractivity contribution < 1.29 is 9.59 Å². The van der Waals surface area contributed by atoms with Crippen molar-refractivity contribution in [3.8, 4) is 6.07 Å². The number of hydrogen-bond acceptors (Lipinski definition) is 3. The minimum absolute atomic E-state index is 0.0337. The van der Waals surface area contributed by atoms with Crippen molar-refractivity contribution in [2.75, 3.05) is 13.1 Å². The highest BCUT2D eigenvalue weighted by Crippen LogP contribution is 2.78. The minimum atomic E-state index is -0.893. The number of nitriles is 1. The molecule has 1 saturated heterocycles. The van der Waals surface area contributed by atoms with Crippen LogP contribution in [-0.2, 0) is 15.0 Å². The van der Waals surface area contributed by atoms with Gasteiger partial charge in [-0.25, -0.2) is 0 Å². The number of likely N-dealkylation sites (N-methyl/N-ethyl adjacent to an activating group) is 1. The van der Waals surface area contributed by atoms with Gasteiger partial charge in [0, 0.05) is 23.9 Å². The second kappa shape index (κ2) is 4.57. The smallest absolute Gasteiger partial charge is 0.237 e. The summed E-state index contributed by atoms with van der Waals surface area (Å²) in [5.74, 6) is -0.0549.